The van der Waals surface area contributed by atoms with Crippen molar-refractivity contribution in [2.75, 3.05) is 0 Å². The molecular weight excluding hydrogens is 384 g/mol. The summed E-state index contributed by atoms with van der Waals surface area (Å²) in [5.41, 5.74) is 1.87. The van der Waals surface area contributed by atoms with Crippen LogP contribution in [0.25, 0.3) is 42.1 Å². The minimum Gasteiger partial charge on any atom is -0.461 e. The van der Waals surface area contributed by atoms with Crippen molar-refractivity contribution in [2.45, 2.75) is 26.7 Å². The predicted octanol–water partition coefficient (Wildman–Crippen LogP) is 8.01. The third-order valence-corrected chi connectivity index (χ3v) is 7.45. The molecule has 0 aliphatic rings. The zero-order valence-electron chi connectivity index (χ0n) is 15.7. The van der Waals surface area contributed by atoms with Gasteiger partial charge in [-0.25, -0.2) is 0 Å². The molecule has 0 saturated heterocycles. The molecule has 4 aromatic heterocycles. The SMILES string of the molecule is Cc1cc2cc3oc(CCc4cc5cc6sc(C)cc6cc5s4)cc3cc2o1. The molecule has 6 rings (SSSR count). The van der Waals surface area contributed by atoms with Gasteiger partial charge in [-0.05, 0) is 79.6 Å². The normalized spacial score (nSPS) is 12.2. The van der Waals surface area contributed by atoms with E-state index in [1.54, 1.807) is 0 Å². The van der Waals surface area contributed by atoms with Crippen molar-refractivity contribution >= 4 is 64.8 Å². The number of fused-ring (bicyclic) bond motifs is 4. The molecule has 0 aliphatic heterocycles. The number of benzene rings is 2. The fraction of sp³-hybridized carbons (Fsp3) is 0.167. The van der Waals surface area contributed by atoms with E-state index in [9.17, 15) is 0 Å². The standard InChI is InChI=1S/C24H18O2S2/c1-13-5-15-9-22-16(10-21(15)25-13)7-19(26-22)3-4-20-8-18-12-23-17(6-14(2)27-23)11-24(18)28-20/h5-12H,3-4H2,1-2H3. The first-order chi connectivity index (χ1) is 13.6. The largest absolute Gasteiger partial charge is 0.461 e. The molecule has 0 atom stereocenters. The molecule has 0 radical (unpaired) electrons. The fourth-order valence-corrected chi connectivity index (χ4v) is 6.06. The Morgan fingerprint density at radius 2 is 1.36 bits per heavy atom. The molecule has 138 valence electrons. The first-order valence-electron chi connectivity index (χ1n) is 9.46. The maximum atomic E-state index is 6.11. The molecule has 0 saturated carbocycles. The summed E-state index contributed by atoms with van der Waals surface area (Å²) in [5.74, 6) is 1.97. The summed E-state index contributed by atoms with van der Waals surface area (Å²) in [6.07, 6.45) is 1.91. The zero-order valence-corrected chi connectivity index (χ0v) is 17.3. The molecule has 0 amide bonds. The third-order valence-electron chi connectivity index (χ3n) is 5.28. The smallest absolute Gasteiger partial charge is 0.135 e. The molecule has 0 N–H and O–H groups in total. The Balaban J connectivity index is 1.29. The second-order valence-electron chi connectivity index (χ2n) is 7.50. The quantitative estimate of drug-likeness (QED) is 0.300. The van der Waals surface area contributed by atoms with Gasteiger partial charge in [0.1, 0.15) is 22.7 Å². The first-order valence-corrected chi connectivity index (χ1v) is 11.1. The van der Waals surface area contributed by atoms with Crippen molar-refractivity contribution in [3.05, 3.63) is 69.8 Å². The molecule has 2 nitrogen and oxygen atoms in total. The van der Waals surface area contributed by atoms with Crippen LogP contribution in [0.1, 0.15) is 21.3 Å². The van der Waals surface area contributed by atoms with E-state index in [2.05, 4.69) is 55.5 Å². The molecule has 28 heavy (non-hydrogen) atoms. The van der Waals surface area contributed by atoms with Gasteiger partial charge in [0.15, 0.2) is 0 Å². The molecule has 0 fully saturated rings. The summed E-state index contributed by atoms with van der Waals surface area (Å²) in [4.78, 5) is 2.79. The highest BCUT2D eigenvalue weighted by molar-refractivity contribution is 7.20. The number of hydrogen-bond acceptors (Lipinski definition) is 4. The highest BCUT2D eigenvalue weighted by atomic mass is 32.1. The molecule has 0 spiro atoms. The van der Waals surface area contributed by atoms with Crippen LogP contribution in [0.2, 0.25) is 0 Å². The lowest BCUT2D eigenvalue weighted by Gasteiger charge is -1.93. The Morgan fingerprint density at radius 1 is 0.643 bits per heavy atom. The van der Waals surface area contributed by atoms with Gasteiger partial charge in [0, 0.05) is 36.3 Å². The van der Waals surface area contributed by atoms with Gasteiger partial charge >= 0.3 is 0 Å². The summed E-state index contributed by atoms with van der Waals surface area (Å²) in [5, 5.41) is 4.93. The van der Waals surface area contributed by atoms with Crippen molar-refractivity contribution in [1.82, 2.24) is 0 Å². The van der Waals surface area contributed by atoms with Crippen molar-refractivity contribution < 1.29 is 8.83 Å². The maximum Gasteiger partial charge on any atom is 0.135 e. The lowest BCUT2D eigenvalue weighted by Crippen LogP contribution is -1.85. The summed E-state index contributed by atoms with van der Waals surface area (Å²) >= 11 is 3.77. The van der Waals surface area contributed by atoms with Crippen LogP contribution < -0.4 is 0 Å². The molecule has 6 aromatic rings. The minimum absolute atomic E-state index is 0.912. The Bertz CT molecular complexity index is 1270. The summed E-state index contributed by atoms with van der Waals surface area (Å²) < 4.78 is 14.6. The minimum atomic E-state index is 0.912. The second kappa shape index (κ2) is 5.97. The predicted molar refractivity (Wildman–Crippen MR) is 120 cm³/mol. The van der Waals surface area contributed by atoms with E-state index in [1.165, 1.54) is 29.9 Å². The van der Waals surface area contributed by atoms with Crippen molar-refractivity contribution in [2.24, 2.45) is 0 Å². The van der Waals surface area contributed by atoms with E-state index < -0.39 is 0 Å². The van der Waals surface area contributed by atoms with E-state index in [1.807, 2.05) is 29.6 Å². The monoisotopic (exact) mass is 402 g/mol. The summed E-state index contributed by atoms with van der Waals surface area (Å²) in [7, 11) is 0. The molecular formula is C24H18O2S2. The fourth-order valence-electron chi connectivity index (χ4n) is 4.01. The van der Waals surface area contributed by atoms with E-state index in [0.717, 1.165) is 46.3 Å². The van der Waals surface area contributed by atoms with Gasteiger partial charge in [0.2, 0.25) is 0 Å². The van der Waals surface area contributed by atoms with Crippen LogP contribution in [0.4, 0.5) is 0 Å². The summed E-state index contributed by atoms with van der Waals surface area (Å²) in [6.45, 7) is 4.15. The van der Waals surface area contributed by atoms with Crippen LogP contribution in [0.3, 0.4) is 0 Å². The topological polar surface area (TPSA) is 26.3 Å². The Morgan fingerprint density at radius 3 is 2.21 bits per heavy atom. The number of aryl methyl sites for hydroxylation is 4. The van der Waals surface area contributed by atoms with Gasteiger partial charge < -0.3 is 8.83 Å². The Labute approximate surface area is 170 Å². The van der Waals surface area contributed by atoms with Gasteiger partial charge in [0.05, 0.1) is 0 Å². The van der Waals surface area contributed by atoms with Gasteiger partial charge in [-0.2, -0.15) is 0 Å². The van der Waals surface area contributed by atoms with Gasteiger partial charge in [-0.15, -0.1) is 22.7 Å². The average molecular weight is 403 g/mol. The van der Waals surface area contributed by atoms with Crippen molar-refractivity contribution in [1.29, 1.82) is 0 Å². The van der Waals surface area contributed by atoms with Crippen molar-refractivity contribution in [3.8, 4) is 0 Å². The number of hydrogen-bond donors (Lipinski definition) is 0. The van der Waals surface area contributed by atoms with Crippen LogP contribution in [0.5, 0.6) is 0 Å². The van der Waals surface area contributed by atoms with Crippen LogP contribution in [0, 0.1) is 13.8 Å². The number of thiophene rings is 2. The molecule has 4 heterocycles. The third kappa shape index (κ3) is 2.67. The average Bonchev–Trinajstić information content (AvgIpc) is 3.38. The van der Waals surface area contributed by atoms with E-state index in [0.29, 0.717) is 0 Å². The molecule has 4 heteroatoms. The second-order valence-corrected chi connectivity index (χ2v) is 9.95. The van der Waals surface area contributed by atoms with Crippen LogP contribution in [0.15, 0.2) is 57.4 Å². The lowest BCUT2D eigenvalue weighted by atomic mass is 10.1. The van der Waals surface area contributed by atoms with Gasteiger partial charge in [-0.3, -0.25) is 0 Å². The highest BCUT2D eigenvalue weighted by Crippen LogP contribution is 2.35. The summed E-state index contributed by atoms with van der Waals surface area (Å²) in [6, 6.07) is 17.7. The maximum absolute atomic E-state index is 6.11. The molecule has 0 aliphatic carbocycles. The van der Waals surface area contributed by atoms with E-state index in [-0.39, 0.29) is 0 Å². The lowest BCUT2D eigenvalue weighted by molar-refractivity contribution is 0.548. The van der Waals surface area contributed by atoms with E-state index >= 15 is 0 Å². The molecule has 0 unspecified atom stereocenters. The number of furan rings is 2. The van der Waals surface area contributed by atoms with Gasteiger partial charge in [-0.1, -0.05) is 0 Å². The Kier molecular flexibility index (Phi) is 3.49. The van der Waals surface area contributed by atoms with Crippen molar-refractivity contribution in [3.63, 3.8) is 0 Å². The van der Waals surface area contributed by atoms with Crippen LogP contribution in [-0.4, -0.2) is 0 Å². The number of rotatable bonds is 3. The molecule has 2 aromatic carbocycles. The van der Waals surface area contributed by atoms with E-state index in [4.69, 9.17) is 8.83 Å². The molecule has 0 bridgehead atoms. The van der Waals surface area contributed by atoms with Gasteiger partial charge in [0.25, 0.3) is 0 Å². The van der Waals surface area contributed by atoms with Crippen LogP contribution >= 0.6 is 22.7 Å². The van der Waals surface area contributed by atoms with Crippen LogP contribution in [-0.2, 0) is 12.8 Å². The first kappa shape index (κ1) is 16.4. The Hall–Kier alpha value is -2.56. The highest BCUT2D eigenvalue weighted by Gasteiger charge is 2.10. The zero-order chi connectivity index (χ0) is 18.8.